The van der Waals surface area contributed by atoms with Crippen molar-refractivity contribution in [3.63, 3.8) is 0 Å². The Morgan fingerprint density at radius 1 is 1.18 bits per heavy atom. The molecule has 2 aromatic rings. The summed E-state index contributed by atoms with van der Waals surface area (Å²) in [6.07, 6.45) is 4.00. The molecule has 6 nitrogen and oxygen atoms in total. The number of amides is 1. The molecule has 1 aromatic heterocycles. The number of carbonyl (C=O) groups excluding carboxylic acids is 1. The molecule has 0 aliphatic rings. The van der Waals surface area contributed by atoms with Gasteiger partial charge in [-0.2, -0.15) is 0 Å². The fourth-order valence-corrected chi connectivity index (χ4v) is 1.84. The molecular formula is C16H20N4O2. The maximum absolute atomic E-state index is 11.8. The molecular weight excluding hydrogens is 280 g/mol. The van der Waals surface area contributed by atoms with E-state index in [0.29, 0.717) is 19.0 Å². The maximum atomic E-state index is 11.8. The van der Waals surface area contributed by atoms with E-state index in [1.807, 2.05) is 12.1 Å². The van der Waals surface area contributed by atoms with E-state index < -0.39 is 0 Å². The van der Waals surface area contributed by atoms with Gasteiger partial charge in [-0.05, 0) is 24.1 Å². The number of anilines is 2. The highest BCUT2D eigenvalue weighted by Crippen LogP contribution is 2.14. The fourth-order valence-electron chi connectivity index (χ4n) is 1.84. The van der Waals surface area contributed by atoms with Crippen molar-refractivity contribution in [3.05, 3.63) is 47.9 Å². The third-order valence-corrected chi connectivity index (χ3v) is 3.11. The molecule has 1 aromatic carbocycles. The standard InChI is InChI=1S/C16H20N4O2/c1-3-12-4-6-13(7-5-12)20-15-11-18-14(10-19-15)16(21)17-8-9-22-2/h4-7,10-11H,3,8-9H2,1-2H3,(H,17,21)(H,19,20). The molecule has 0 spiro atoms. The summed E-state index contributed by atoms with van der Waals surface area (Å²) >= 11 is 0. The van der Waals surface area contributed by atoms with Gasteiger partial charge < -0.3 is 15.4 Å². The summed E-state index contributed by atoms with van der Waals surface area (Å²) < 4.78 is 4.87. The van der Waals surface area contributed by atoms with Gasteiger partial charge in [-0.25, -0.2) is 9.97 Å². The topological polar surface area (TPSA) is 76.1 Å². The summed E-state index contributed by atoms with van der Waals surface area (Å²) in [7, 11) is 1.58. The Balaban J connectivity index is 1.94. The van der Waals surface area contributed by atoms with Crippen molar-refractivity contribution in [1.29, 1.82) is 0 Å². The molecule has 6 heteroatoms. The number of ether oxygens (including phenoxy) is 1. The van der Waals surface area contributed by atoms with Crippen LogP contribution in [-0.2, 0) is 11.2 Å². The van der Waals surface area contributed by atoms with Crippen molar-refractivity contribution in [2.75, 3.05) is 25.6 Å². The number of aromatic nitrogens is 2. The lowest BCUT2D eigenvalue weighted by Crippen LogP contribution is -2.27. The highest BCUT2D eigenvalue weighted by molar-refractivity contribution is 5.92. The van der Waals surface area contributed by atoms with Gasteiger partial charge in [-0.1, -0.05) is 19.1 Å². The summed E-state index contributed by atoms with van der Waals surface area (Å²) in [6, 6.07) is 8.11. The lowest BCUT2D eigenvalue weighted by molar-refractivity contribution is 0.0932. The highest BCUT2D eigenvalue weighted by Gasteiger charge is 2.07. The van der Waals surface area contributed by atoms with Gasteiger partial charge in [0.15, 0.2) is 0 Å². The monoisotopic (exact) mass is 300 g/mol. The third kappa shape index (κ3) is 4.53. The normalized spacial score (nSPS) is 10.3. The van der Waals surface area contributed by atoms with Crippen LogP contribution in [0.3, 0.4) is 0 Å². The van der Waals surface area contributed by atoms with Crippen molar-refractivity contribution in [2.45, 2.75) is 13.3 Å². The number of rotatable bonds is 7. The van der Waals surface area contributed by atoms with Crippen LogP contribution in [0.1, 0.15) is 23.0 Å². The Morgan fingerprint density at radius 3 is 2.55 bits per heavy atom. The molecule has 0 aliphatic carbocycles. The van der Waals surface area contributed by atoms with E-state index in [1.54, 1.807) is 13.3 Å². The van der Waals surface area contributed by atoms with Gasteiger partial charge in [0.2, 0.25) is 0 Å². The largest absolute Gasteiger partial charge is 0.383 e. The highest BCUT2D eigenvalue weighted by atomic mass is 16.5. The summed E-state index contributed by atoms with van der Waals surface area (Å²) in [5.74, 6) is 0.334. The molecule has 0 saturated heterocycles. The van der Waals surface area contributed by atoms with E-state index in [1.165, 1.54) is 11.8 Å². The third-order valence-electron chi connectivity index (χ3n) is 3.11. The predicted octanol–water partition coefficient (Wildman–Crippen LogP) is 2.16. The van der Waals surface area contributed by atoms with Crippen molar-refractivity contribution in [2.24, 2.45) is 0 Å². The van der Waals surface area contributed by atoms with Crippen LogP contribution >= 0.6 is 0 Å². The number of benzene rings is 1. The Bertz CT molecular complexity index is 597. The second-order valence-corrected chi connectivity index (χ2v) is 4.71. The van der Waals surface area contributed by atoms with Gasteiger partial charge in [0, 0.05) is 19.3 Å². The Hall–Kier alpha value is -2.47. The molecule has 116 valence electrons. The number of methoxy groups -OCH3 is 1. The van der Waals surface area contributed by atoms with Crippen molar-refractivity contribution in [3.8, 4) is 0 Å². The minimum Gasteiger partial charge on any atom is -0.383 e. The maximum Gasteiger partial charge on any atom is 0.271 e. The molecule has 0 aliphatic heterocycles. The average molecular weight is 300 g/mol. The summed E-state index contributed by atoms with van der Waals surface area (Å²) in [5.41, 5.74) is 2.49. The molecule has 1 heterocycles. The quantitative estimate of drug-likeness (QED) is 0.766. The lowest BCUT2D eigenvalue weighted by atomic mass is 10.1. The minimum atomic E-state index is -0.261. The molecule has 0 atom stereocenters. The molecule has 0 saturated carbocycles. The molecule has 0 radical (unpaired) electrons. The second kappa shape index (κ2) is 8.09. The Labute approximate surface area is 129 Å². The molecule has 2 rings (SSSR count). The van der Waals surface area contributed by atoms with Crippen LogP contribution in [0.15, 0.2) is 36.7 Å². The van der Waals surface area contributed by atoms with E-state index in [-0.39, 0.29) is 11.6 Å². The number of hydrogen-bond acceptors (Lipinski definition) is 5. The first-order valence-corrected chi connectivity index (χ1v) is 7.18. The van der Waals surface area contributed by atoms with E-state index in [9.17, 15) is 4.79 Å². The van der Waals surface area contributed by atoms with Gasteiger partial charge in [-0.15, -0.1) is 0 Å². The molecule has 22 heavy (non-hydrogen) atoms. The predicted molar refractivity (Wildman–Crippen MR) is 85.3 cm³/mol. The minimum absolute atomic E-state index is 0.261. The van der Waals surface area contributed by atoms with E-state index in [0.717, 1.165) is 12.1 Å². The number of nitrogens with one attached hydrogen (secondary N) is 2. The lowest BCUT2D eigenvalue weighted by Gasteiger charge is -2.07. The van der Waals surface area contributed by atoms with Crippen LogP contribution in [0.2, 0.25) is 0 Å². The zero-order valence-corrected chi connectivity index (χ0v) is 12.8. The van der Waals surface area contributed by atoms with Gasteiger partial charge in [0.05, 0.1) is 19.0 Å². The van der Waals surface area contributed by atoms with Gasteiger partial charge >= 0.3 is 0 Å². The molecule has 1 amide bonds. The zero-order chi connectivity index (χ0) is 15.8. The van der Waals surface area contributed by atoms with Gasteiger partial charge in [-0.3, -0.25) is 4.79 Å². The van der Waals surface area contributed by atoms with Crippen LogP contribution < -0.4 is 10.6 Å². The number of aryl methyl sites for hydroxylation is 1. The van der Waals surface area contributed by atoms with Crippen LogP contribution in [-0.4, -0.2) is 36.1 Å². The van der Waals surface area contributed by atoms with Crippen LogP contribution in [0.25, 0.3) is 0 Å². The fraction of sp³-hybridized carbons (Fsp3) is 0.312. The molecule has 2 N–H and O–H groups in total. The van der Waals surface area contributed by atoms with Crippen molar-refractivity contribution >= 4 is 17.4 Å². The van der Waals surface area contributed by atoms with Crippen LogP contribution in [0, 0.1) is 0 Å². The first-order chi connectivity index (χ1) is 10.7. The summed E-state index contributed by atoms with van der Waals surface area (Å²) in [5, 5.41) is 5.84. The SMILES string of the molecule is CCc1ccc(Nc2cnc(C(=O)NCCOC)cn2)cc1. The average Bonchev–Trinajstić information content (AvgIpc) is 2.56. The molecule has 0 bridgehead atoms. The van der Waals surface area contributed by atoms with Crippen molar-refractivity contribution < 1.29 is 9.53 Å². The first-order valence-electron chi connectivity index (χ1n) is 7.18. The van der Waals surface area contributed by atoms with E-state index in [4.69, 9.17) is 4.74 Å². The van der Waals surface area contributed by atoms with Gasteiger partial charge in [0.25, 0.3) is 5.91 Å². The van der Waals surface area contributed by atoms with Crippen LogP contribution in [0.4, 0.5) is 11.5 Å². The second-order valence-electron chi connectivity index (χ2n) is 4.71. The zero-order valence-electron chi connectivity index (χ0n) is 12.8. The summed E-state index contributed by atoms with van der Waals surface area (Å²) in [4.78, 5) is 20.1. The molecule has 0 fully saturated rings. The molecule has 0 unspecified atom stereocenters. The number of hydrogen-bond donors (Lipinski definition) is 2. The van der Waals surface area contributed by atoms with E-state index >= 15 is 0 Å². The number of carbonyl (C=O) groups is 1. The van der Waals surface area contributed by atoms with Crippen LogP contribution in [0.5, 0.6) is 0 Å². The number of nitrogens with zero attached hydrogens (tertiary/aromatic N) is 2. The Morgan fingerprint density at radius 2 is 1.95 bits per heavy atom. The summed E-state index contributed by atoms with van der Waals surface area (Å²) in [6.45, 7) is 3.03. The first kappa shape index (κ1) is 15.9. The smallest absolute Gasteiger partial charge is 0.271 e. The van der Waals surface area contributed by atoms with Gasteiger partial charge in [0.1, 0.15) is 11.5 Å². The Kier molecular flexibility index (Phi) is 5.85. The van der Waals surface area contributed by atoms with E-state index in [2.05, 4.69) is 39.7 Å². The van der Waals surface area contributed by atoms with Crippen molar-refractivity contribution in [1.82, 2.24) is 15.3 Å².